The van der Waals surface area contributed by atoms with E-state index in [1.54, 1.807) is 19.1 Å². The van der Waals surface area contributed by atoms with Crippen LogP contribution in [0.15, 0.2) is 24.3 Å². The molecule has 0 saturated carbocycles. The van der Waals surface area contributed by atoms with Crippen LogP contribution in [0.1, 0.15) is 30.3 Å². The fourth-order valence-electron chi connectivity index (χ4n) is 1.13. The molecule has 0 saturated heterocycles. The fraction of sp³-hybridized carbons (Fsp3) is 0.300. The van der Waals surface area contributed by atoms with Gasteiger partial charge in [-0.1, -0.05) is 24.3 Å². The van der Waals surface area contributed by atoms with E-state index in [0.717, 1.165) is 0 Å². The van der Waals surface area contributed by atoms with E-state index in [0.29, 0.717) is 5.56 Å². The van der Waals surface area contributed by atoms with Crippen LogP contribution >= 0.6 is 0 Å². The quantitative estimate of drug-likeness (QED) is 0.670. The van der Waals surface area contributed by atoms with Crippen molar-refractivity contribution < 1.29 is 20.1 Å². The summed E-state index contributed by atoms with van der Waals surface area (Å²) in [4.78, 5) is 10.5. The molecule has 1 aromatic carbocycles. The van der Waals surface area contributed by atoms with Crippen molar-refractivity contribution >= 4 is 5.97 Å². The monoisotopic (exact) mass is 196 g/mol. The van der Waals surface area contributed by atoms with Gasteiger partial charge in [-0.2, -0.15) is 0 Å². The molecule has 0 radical (unpaired) electrons. The summed E-state index contributed by atoms with van der Waals surface area (Å²) in [6.45, 7) is 1.58. The average Bonchev–Trinajstić information content (AvgIpc) is 2.16. The maximum absolute atomic E-state index is 10.5. The summed E-state index contributed by atoms with van der Waals surface area (Å²) in [5.41, 5.74) is 0.860. The van der Waals surface area contributed by atoms with Crippen LogP contribution in [0.4, 0.5) is 0 Å². The Morgan fingerprint density at radius 2 is 1.86 bits per heavy atom. The smallest absolute Gasteiger partial charge is 0.337 e. The molecule has 4 nitrogen and oxygen atoms in total. The van der Waals surface area contributed by atoms with E-state index >= 15 is 0 Å². The standard InChI is InChI=1S/C10H12O4/c1-6(11)7-3-2-4-8(5-7)9(12)10(13)14/h2-6,9,11-12H,1H3,(H,13,14). The lowest BCUT2D eigenvalue weighted by molar-refractivity contribution is -0.146. The van der Waals surface area contributed by atoms with Gasteiger partial charge < -0.3 is 15.3 Å². The van der Waals surface area contributed by atoms with E-state index in [4.69, 9.17) is 5.11 Å². The second-order valence-electron chi connectivity index (χ2n) is 3.09. The predicted octanol–water partition coefficient (Wildman–Crippen LogP) is 0.858. The summed E-state index contributed by atoms with van der Waals surface area (Å²) in [5.74, 6) is -1.30. The molecule has 0 heterocycles. The Morgan fingerprint density at radius 1 is 1.29 bits per heavy atom. The second-order valence-corrected chi connectivity index (χ2v) is 3.09. The first-order chi connectivity index (χ1) is 6.52. The van der Waals surface area contributed by atoms with Gasteiger partial charge in [0, 0.05) is 0 Å². The molecule has 14 heavy (non-hydrogen) atoms. The van der Waals surface area contributed by atoms with Gasteiger partial charge in [0.2, 0.25) is 0 Å². The second kappa shape index (κ2) is 4.21. The summed E-state index contributed by atoms with van der Waals surface area (Å²) < 4.78 is 0. The Labute approximate surface area is 81.4 Å². The van der Waals surface area contributed by atoms with Gasteiger partial charge in [-0.25, -0.2) is 4.79 Å². The molecule has 0 aliphatic heterocycles. The molecule has 1 aromatic rings. The first-order valence-electron chi connectivity index (χ1n) is 4.21. The van der Waals surface area contributed by atoms with Crippen LogP contribution in [-0.2, 0) is 4.79 Å². The minimum atomic E-state index is -1.53. The van der Waals surface area contributed by atoms with E-state index in [1.165, 1.54) is 12.1 Å². The fourth-order valence-corrected chi connectivity index (χ4v) is 1.13. The van der Waals surface area contributed by atoms with Gasteiger partial charge in [-0.15, -0.1) is 0 Å². The van der Waals surface area contributed by atoms with E-state index in [9.17, 15) is 15.0 Å². The molecule has 1 rings (SSSR count). The third-order valence-electron chi connectivity index (χ3n) is 1.94. The van der Waals surface area contributed by atoms with Crippen LogP contribution in [0.5, 0.6) is 0 Å². The Kier molecular flexibility index (Phi) is 3.22. The van der Waals surface area contributed by atoms with Gasteiger partial charge in [0.15, 0.2) is 6.10 Å². The highest BCUT2D eigenvalue weighted by Gasteiger charge is 2.16. The number of carboxylic acid groups (broad SMARTS) is 1. The summed E-state index contributed by atoms with van der Waals surface area (Å²) in [7, 11) is 0. The zero-order valence-electron chi connectivity index (χ0n) is 7.71. The molecule has 0 aliphatic rings. The van der Waals surface area contributed by atoms with Crippen molar-refractivity contribution in [3.05, 3.63) is 35.4 Å². The van der Waals surface area contributed by atoms with Gasteiger partial charge in [-0.3, -0.25) is 0 Å². The molecule has 0 aliphatic carbocycles. The minimum Gasteiger partial charge on any atom is -0.479 e. The Hall–Kier alpha value is -1.39. The van der Waals surface area contributed by atoms with Gasteiger partial charge in [0.05, 0.1) is 6.10 Å². The van der Waals surface area contributed by atoms with E-state index in [1.807, 2.05) is 0 Å². The van der Waals surface area contributed by atoms with Crippen molar-refractivity contribution in [1.82, 2.24) is 0 Å². The zero-order chi connectivity index (χ0) is 10.7. The van der Waals surface area contributed by atoms with Crippen LogP contribution in [-0.4, -0.2) is 21.3 Å². The highest BCUT2D eigenvalue weighted by Crippen LogP contribution is 2.18. The molecular weight excluding hydrogens is 184 g/mol. The highest BCUT2D eigenvalue weighted by atomic mass is 16.4. The van der Waals surface area contributed by atoms with Gasteiger partial charge >= 0.3 is 5.97 Å². The number of rotatable bonds is 3. The van der Waals surface area contributed by atoms with E-state index in [2.05, 4.69) is 0 Å². The molecule has 0 aromatic heterocycles. The maximum atomic E-state index is 10.5. The van der Waals surface area contributed by atoms with Gasteiger partial charge in [-0.05, 0) is 18.1 Å². The number of hydrogen-bond donors (Lipinski definition) is 3. The number of carboxylic acids is 1. The predicted molar refractivity (Wildman–Crippen MR) is 49.7 cm³/mol. The average molecular weight is 196 g/mol. The third-order valence-corrected chi connectivity index (χ3v) is 1.94. The van der Waals surface area contributed by atoms with Gasteiger partial charge in [0.1, 0.15) is 0 Å². The highest BCUT2D eigenvalue weighted by molar-refractivity contribution is 5.74. The number of benzene rings is 1. The lowest BCUT2D eigenvalue weighted by Gasteiger charge is -2.09. The molecule has 0 spiro atoms. The zero-order valence-corrected chi connectivity index (χ0v) is 7.71. The topological polar surface area (TPSA) is 77.8 Å². The van der Waals surface area contributed by atoms with Crippen molar-refractivity contribution in [3.63, 3.8) is 0 Å². The number of carbonyl (C=O) groups is 1. The van der Waals surface area contributed by atoms with Crippen molar-refractivity contribution in [1.29, 1.82) is 0 Å². The molecule has 0 amide bonds. The molecule has 0 fully saturated rings. The molecule has 0 bridgehead atoms. The number of hydrogen-bond acceptors (Lipinski definition) is 3. The number of aliphatic hydroxyl groups is 2. The lowest BCUT2D eigenvalue weighted by Crippen LogP contribution is -2.10. The van der Waals surface area contributed by atoms with Crippen molar-refractivity contribution in [3.8, 4) is 0 Å². The maximum Gasteiger partial charge on any atom is 0.337 e. The van der Waals surface area contributed by atoms with Crippen molar-refractivity contribution in [2.45, 2.75) is 19.1 Å². The summed E-state index contributed by atoms with van der Waals surface area (Å²) in [6.07, 6.45) is -2.20. The third kappa shape index (κ3) is 2.31. The Morgan fingerprint density at radius 3 is 2.36 bits per heavy atom. The Bertz CT molecular complexity index is 333. The number of aliphatic hydroxyl groups excluding tert-OH is 2. The molecule has 76 valence electrons. The lowest BCUT2D eigenvalue weighted by atomic mass is 10.0. The van der Waals surface area contributed by atoms with E-state index in [-0.39, 0.29) is 5.56 Å². The van der Waals surface area contributed by atoms with Crippen molar-refractivity contribution in [2.24, 2.45) is 0 Å². The molecule has 3 N–H and O–H groups in total. The van der Waals surface area contributed by atoms with E-state index < -0.39 is 18.2 Å². The largest absolute Gasteiger partial charge is 0.479 e. The van der Waals surface area contributed by atoms with Crippen LogP contribution < -0.4 is 0 Å². The van der Waals surface area contributed by atoms with Crippen molar-refractivity contribution in [2.75, 3.05) is 0 Å². The van der Waals surface area contributed by atoms with Crippen LogP contribution in [0.3, 0.4) is 0 Å². The summed E-state index contributed by atoms with van der Waals surface area (Å²) in [5, 5.41) is 27.0. The normalized spacial score (nSPS) is 14.8. The van der Waals surface area contributed by atoms with Crippen LogP contribution in [0, 0.1) is 0 Å². The molecule has 4 heteroatoms. The minimum absolute atomic E-state index is 0.274. The van der Waals surface area contributed by atoms with Gasteiger partial charge in [0.25, 0.3) is 0 Å². The Balaban J connectivity index is 2.99. The SMILES string of the molecule is CC(O)c1cccc(C(O)C(=O)O)c1. The molecule has 2 unspecified atom stereocenters. The molecule has 2 atom stereocenters. The number of aliphatic carboxylic acids is 1. The summed E-state index contributed by atoms with van der Waals surface area (Å²) >= 11 is 0. The molecular formula is C10H12O4. The van der Waals surface area contributed by atoms with Crippen LogP contribution in [0.25, 0.3) is 0 Å². The first-order valence-corrected chi connectivity index (χ1v) is 4.21. The first kappa shape index (κ1) is 10.7. The summed E-state index contributed by atoms with van der Waals surface area (Å²) in [6, 6.07) is 6.25. The van der Waals surface area contributed by atoms with Crippen LogP contribution in [0.2, 0.25) is 0 Å².